The van der Waals surface area contributed by atoms with Crippen molar-refractivity contribution in [1.29, 1.82) is 0 Å². The molecule has 0 bridgehead atoms. The Bertz CT molecular complexity index is 716. The third kappa shape index (κ3) is 4.89. The fourth-order valence-corrected chi connectivity index (χ4v) is 2.32. The van der Waals surface area contributed by atoms with E-state index in [2.05, 4.69) is 5.32 Å². The van der Waals surface area contributed by atoms with Gasteiger partial charge in [-0.25, -0.2) is 9.59 Å². The molecule has 1 fully saturated rings. The summed E-state index contributed by atoms with van der Waals surface area (Å²) in [6.07, 6.45) is 0. The highest BCUT2D eigenvalue weighted by Crippen LogP contribution is 2.27. The number of carbonyl (C=O) groups is 3. The standard InChI is InChI=1S/C15H18N4O7/c1-16-15(22)17-13(20)9-26-14(21)11-8-10(19(23)24)2-3-12(11)18-4-6-25-7-5-18/h2-3,8H,4-7,9H2,1H3,(H2,16,17,20,22). The van der Waals surface area contributed by atoms with Crippen LogP contribution in [0.4, 0.5) is 16.2 Å². The lowest BCUT2D eigenvalue weighted by atomic mass is 10.1. The number of anilines is 1. The molecule has 2 N–H and O–H groups in total. The molecule has 1 saturated heterocycles. The third-order valence-corrected chi connectivity index (χ3v) is 3.58. The summed E-state index contributed by atoms with van der Waals surface area (Å²) < 4.78 is 10.1. The van der Waals surface area contributed by atoms with Crippen LogP contribution in [-0.4, -0.2) is 62.8 Å². The van der Waals surface area contributed by atoms with Gasteiger partial charge in [0.2, 0.25) is 0 Å². The summed E-state index contributed by atoms with van der Waals surface area (Å²) in [5.41, 5.74) is 0.147. The smallest absolute Gasteiger partial charge is 0.341 e. The van der Waals surface area contributed by atoms with E-state index >= 15 is 0 Å². The van der Waals surface area contributed by atoms with E-state index in [1.807, 2.05) is 10.2 Å². The molecule has 26 heavy (non-hydrogen) atoms. The molecule has 0 aliphatic carbocycles. The lowest BCUT2D eigenvalue weighted by Crippen LogP contribution is -2.40. The Hall–Kier alpha value is -3.21. The monoisotopic (exact) mass is 366 g/mol. The summed E-state index contributed by atoms with van der Waals surface area (Å²) >= 11 is 0. The largest absolute Gasteiger partial charge is 0.452 e. The van der Waals surface area contributed by atoms with Crippen molar-refractivity contribution in [3.63, 3.8) is 0 Å². The van der Waals surface area contributed by atoms with Crippen LogP contribution < -0.4 is 15.5 Å². The second-order valence-corrected chi connectivity index (χ2v) is 5.26. The molecule has 0 spiro atoms. The number of nitro benzene ring substituents is 1. The maximum Gasteiger partial charge on any atom is 0.341 e. The molecule has 0 aromatic heterocycles. The molecule has 1 aromatic rings. The number of amides is 3. The molecule has 3 amide bonds. The first-order valence-electron chi connectivity index (χ1n) is 7.72. The van der Waals surface area contributed by atoms with Gasteiger partial charge in [-0.2, -0.15) is 0 Å². The molecule has 0 atom stereocenters. The predicted molar refractivity (Wildman–Crippen MR) is 89.0 cm³/mol. The van der Waals surface area contributed by atoms with E-state index in [1.165, 1.54) is 19.2 Å². The highest BCUT2D eigenvalue weighted by Gasteiger charge is 2.23. The molecule has 2 rings (SSSR count). The molecule has 0 unspecified atom stereocenters. The van der Waals surface area contributed by atoms with Crippen LogP contribution in [0.25, 0.3) is 0 Å². The van der Waals surface area contributed by atoms with Gasteiger partial charge in [0.05, 0.1) is 29.4 Å². The molecule has 1 aliphatic heterocycles. The minimum Gasteiger partial charge on any atom is -0.452 e. The second-order valence-electron chi connectivity index (χ2n) is 5.26. The summed E-state index contributed by atoms with van der Waals surface area (Å²) in [5, 5.41) is 15.1. The number of nitro groups is 1. The molecule has 1 aromatic carbocycles. The molecule has 11 nitrogen and oxygen atoms in total. The highest BCUT2D eigenvalue weighted by molar-refractivity contribution is 5.99. The number of morpholine rings is 1. The Labute approximate surface area is 148 Å². The van der Waals surface area contributed by atoms with Gasteiger partial charge in [0.25, 0.3) is 11.6 Å². The van der Waals surface area contributed by atoms with E-state index in [0.29, 0.717) is 32.0 Å². The summed E-state index contributed by atoms with van der Waals surface area (Å²) in [6, 6.07) is 3.12. The van der Waals surface area contributed by atoms with Crippen LogP contribution in [0.3, 0.4) is 0 Å². The molecule has 0 saturated carbocycles. The topological polar surface area (TPSA) is 140 Å². The van der Waals surface area contributed by atoms with Crippen LogP contribution >= 0.6 is 0 Å². The van der Waals surface area contributed by atoms with Crippen LogP contribution in [-0.2, 0) is 14.3 Å². The fourth-order valence-electron chi connectivity index (χ4n) is 2.32. The van der Waals surface area contributed by atoms with Gasteiger partial charge in [-0.1, -0.05) is 0 Å². The third-order valence-electron chi connectivity index (χ3n) is 3.58. The van der Waals surface area contributed by atoms with Crippen molar-refractivity contribution < 1.29 is 28.8 Å². The van der Waals surface area contributed by atoms with Gasteiger partial charge in [-0.3, -0.25) is 20.2 Å². The first kappa shape index (κ1) is 19.1. The number of carbonyl (C=O) groups excluding carboxylic acids is 3. The first-order valence-corrected chi connectivity index (χ1v) is 7.72. The summed E-state index contributed by atoms with van der Waals surface area (Å²) in [5.74, 6) is -1.72. The number of rotatable bonds is 5. The summed E-state index contributed by atoms with van der Waals surface area (Å²) in [4.78, 5) is 47.1. The van der Waals surface area contributed by atoms with Crippen LogP contribution in [0.1, 0.15) is 10.4 Å². The number of hydrogen-bond donors (Lipinski definition) is 2. The number of urea groups is 1. The van der Waals surface area contributed by atoms with Crippen LogP contribution in [0.5, 0.6) is 0 Å². The van der Waals surface area contributed by atoms with Gasteiger partial charge in [0.15, 0.2) is 6.61 Å². The Kier molecular flexibility index (Phi) is 6.44. The highest BCUT2D eigenvalue weighted by atomic mass is 16.6. The number of esters is 1. The predicted octanol–water partition coefficient (Wildman–Crippen LogP) is 0.0438. The second kappa shape index (κ2) is 8.76. The van der Waals surface area contributed by atoms with Gasteiger partial charge in [0.1, 0.15) is 0 Å². The maximum absolute atomic E-state index is 12.4. The lowest BCUT2D eigenvalue weighted by molar-refractivity contribution is -0.384. The van der Waals surface area contributed by atoms with E-state index in [4.69, 9.17) is 9.47 Å². The zero-order valence-corrected chi connectivity index (χ0v) is 14.0. The minimum absolute atomic E-state index is 0.0335. The number of non-ortho nitro benzene ring substituents is 1. The van der Waals surface area contributed by atoms with Crippen molar-refractivity contribution in [3.05, 3.63) is 33.9 Å². The Balaban J connectivity index is 2.17. The SMILES string of the molecule is CNC(=O)NC(=O)COC(=O)c1cc([N+](=O)[O-])ccc1N1CCOCC1. The van der Waals surface area contributed by atoms with Gasteiger partial charge >= 0.3 is 12.0 Å². The first-order chi connectivity index (χ1) is 12.4. The number of benzene rings is 1. The minimum atomic E-state index is -0.901. The average molecular weight is 366 g/mol. The summed E-state index contributed by atoms with van der Waals surface area (Å²) in [6.45, 7) is 1.24. The van der Waals surface area contributed by atoms with E-state index in [0.717, 1.165) is 6.07 Å². The number of ether oxygens (including phenoxy) is 2. The molecular weight excluding hydrogens is 348 g/mol. The van der Waals surface area contributed by atoms with Crippen LogP contribution in [0.15, 0.2) is 18.2 Å². The van der Waals surface area contributed by atoms with Crippen molar-refractivity contribution in [2.24, 2.45) is 0 Å². The van der Waals surface area contributed by atoms with Gasteiger partial charge in [-0.05, 0) is 6.07 Å². The van der Waals surface area contributed by atoms with Crippen LogP contribution in [0, 0.1) is 10.1 Å². The van der Waals surface area contributed by atoms with E-state index in [-0.39, 0.29) is 11.3 Å². The van der Waals surface area contributed by atoms with Crippen molar-refractivity contribution in [2.45, 2.75) is 0 Å². The fraction of sp³-hybridized carbons (Fsp3) is 0.400. The van der Waals surface area contributed by atoms with Crippen molar-refractivity contribution >= 4 is 29.3 Å². The van der Waals surface area contributed by atoms with Gasteiger partial charge < -0.3 is 19.7 Å². The number of nitrogens with zero attached hydrogens (tertiary/aromatic N) is 2. The van der Waals surface area contributed by atoms with E-state index in [1.54, 1.807) is 0 Å². The number of imide groups is 1. The van der Waals surface area contributed by atoms with E-state index < -0.39 is 29.4 Å². The van der Waals surface area contributed by atoms with E-state index in [9.17, 15) is 24.5 Å². The van der Waals surface area contributed by atoms with Crippen molar-refractivity contribution in [3.8, 4) is 0 Å². The normalized spacial score (nSPS) is 13.7. The Morgan fingerprint density at radius 1 is 1.31 bits per heavy atom. The zero-order chi connectivity index (χ0) is 19.1. The van der Waals surface area contributed by atoms with Crippen LogP contribution in [0.2, 0.25) is 0 Å². The average Bonchev–Trinajstić information content (AvgIpc) is 2.66. The maximum atomic E-state index is 12.4. The molecular formula is C15H18N4O7. The van der Waals surface area contributed by atoms with Gasteiger partial charge in [0, 0.05) is 32.3 Å². The quantitative estimate of drug-likeness (QED) is 0.423. The summed E-state index contributed by atoms with van der Waals surface area (Å²) in [7, 11) is 1.33. The number of nitrogens with one attached hydrogen (secondary N) is 2. The molecule has 0 radical (unpaired) electrons. The van der Waals surface area contributed by atoms with Gasteiger partial charge in [-0.15, -0.1) is 0 Å². The lowest BCUT2D eigenvalue weighted by Gasteiger charge is -2.30. The molecule has 1 heterocycles. The zero-order valence-electron chi connectivity index (χ0n) is 14.0. The Morgan fingerprint density at radius 2 is 2.00 bits per heavy atom. The van der Waals surface area contributed by atoms with Crippen molar-refractivity contribution in [2.75, 3.05) is 44.9 Å². The molecule has 11 heteroatoms. The number of hydrogen-bond acceptors (Lipinski definition) is 8. The Morgan fingerprint density at radius 3 is 2.62 bits per heavy atom. The molecule has 140 valence electrons. The molecule has 1 aliphatic rings. The van der Waals surface area contributed by atoms with Crippen molar-refractivity contribution in [1.82, 2.24) is 10.6 Å².